The first-order chi connectivity index (χ1) is 8.65. The molecule has 0 saturated heterocycles. The van der Waals surface area contributed by atoms with E-state index in [-0.39, 0.29) is 0 Å². The molecule has 0 atom stereocenters. The summed E-state index contributed by atoms with van der Waals surface area (Å²) in [7, 11) is 0. The number of hydrogen-bond acceptors (Lipinski definition) is 3. The number of rotatable bonds is 3. The van der Waals surface area contributed by atoms with Crippen molar-refractivity contribution in [2.24, 2.45) is 5.10 Å². The number of nitrogens with zero attached hydrogens (tertiary/aromatic N) is 1. The third kappa shape index (κ3) is 3.78. The maximum absolute atomic E-state index is 5.24. The second-order valence-electron chi connectivity index (χ2n) is 4.67. The second-order valence-corrected chi connectivity index (χ2v) is 6.37. The molecule has 0 spiro atoms. The van der Waals surface area contributed by atoms with Crippen LogP contribution in [0.5, 0.6) is 0 Å². The van der Waals surface area contributed by atoms with Crippen molar-refractivity contribution in [1.29, 1.82) is 0 Å². The van der Waals surface area contributed by atoms with Crippen molar-refractivity contribution >= 4 is 34.4 Å². The average molecular weight is 281 g/mol. The van der Waals surface area contributed by atoms with Crippen LogP contribution in [0.1, 0.15) is 42.4 Å². The van der Waals surface area contributed by atoms with E-state index in [4.69, 9.17) is 12.2 Å². The summed E-state index contributed by atoms with van der Waals surface area (Å²) in [6, 6.07) is 4.73. The first kappa shape index (κ1) is 13.5. The van der Waals surface area contributed by atoms with E-state index in [9.17, 15) is 0 Å². The fourth-order valence-corrected chi connectivity index (χ4v) is 3.13. The lowest BCUT2D eigenvalue weighted by Crippen LogP contribution is -2.38. The van der Waals surface area contributed by atoms with E-state index in [1.807, 2.05) is 6.92 Å². The Morgan fingerprint density at radius 1 is 1.39 bits per heavy atom. The van der Waals surface area contributed by atoms with Gasteiger partial charge in [0.15, 0.2) is 5.11 Å². The highest BCUT2D eigenvalue weighted by atomic mass is 32.1. The van der Waals surface area contributed by atoms with Gasteiger partial charge in [0.2, 0.25) is 0 Å². The third-order valence-electron chi connectivity index (χ3n) is 3.11. The van der Waals surface area contributed by atoms with Crippen molar-refractivity contribution < 1.29 is 0 Å². The molecular weight excluding hydrogens is 262 g/mol. The lowest BCUT2D eigenvalue weighted by Gasteiger charge is -2.13. The van der Waals surface area contributed by atoms with Gasteiger partial charge in [0.25, 0.3) is 0 Å². The topological polar surface area (TPSA) is 36.4 Å². The molecule has 0 radical (unpaired) electrons. The van der Waals surface area contributed by atoms with Crippen molar-refractivity contribution in [3.05, 3.63) is 21.9 Å². The normalized spacial score (nSPS) is 16.9. The second kappa shape index (κ2) is 6.29. The van der Waals surface area contributed by atoms with Gasteiger partial charge in [-0.2, -0.15) is 5.10 Å². The fourth-order valence-electron chi connectivity index (χ4n) is 2.11. The van der Waals surface area contributed by atoms with Crippen molar-refractivity contribution in [2.75, 3.05) is 0 Å². The van der Waals surface area contributed by atoms with Gasteiger partial charge in [-0.15, -0.1) is 11.3 Å². The molecule has 0 bridgehead atoms. The molecule has 1 aliphatic rings. The van der Waals surface area contributed by atoms with Crippen LogP contribution in [0.15, 0.2) is 17.2 Å². The van der Waals surface area contributed by atoms with Crippen LogP contribution in [0.3, 0.4) is 0 Å². The molecule has 1 aliphatic carbocycles. The summed E-state index contributed by atoms with van der Waals surface area (Å²) in [5.41, 5.74) is 3.91. The van der Waals surface area contributed by atoms with Crippen molar-refractivity contribution in [2.45, 2.75) is 45.6 Å². The highest BCUT2D eigenvalue weighted by molar-refractivity contribution is 7.80. The zero-order chi connectivity index (χ0) is 13.0. The summed E-state index contributed by atoms with van der Waals surface area (Å²) in [6.07, 6.45) is 5.04. The molecule has 5 heteroatoms. The third-order valence-corrected chi connectivity index (χ3v) is 4.43. The smallest absolute Gasteiger partial charge is 0.187 e. The minimum absolute atomic E-state index is 0.532. The molecular formula is C13H19N3S2. The molecule has 0 aromatic carbocycles. The Labute approximate surface area is 118 Å². The molecule has 0 amide bonds. The predicted octanol–water partition coefficient (Wildman–Crippen LogP) is 3.19. The Hall–Kier alpha value is -0.940. The van der Waals surface area contributed by atoms with E-state index in [0.717, 1.165) is 5.71 Å². The summed E-state index contributed by atoms with van der Waals surface area (Å²) in [6.45, 7) is 4.09. The van der Waals surface area contributed by atoms with Gasteiger partial charge in [-0.25, -0.2) is 0 Å². The molecule has 0 unspecified atom stereocenters. The van der Waals surface area contributed by atoms with E-state index >= 15 is 0 Å². The molecule has 3 nitrogen and oxygen atoms in total. The minimum atomic E-state index is 0.532. The highest BCUT2D eigenvalue weighted by Crippen LogP contribution is 2.17. The quantitative estimate of drug-likeness (QED) is 0.507. The zero-order valence-corrected chi connectivity index (χ0v) is 12.5. The van der Waals surface area contributed by atoms with Crippen LogP contribution in [0.2, 0.25) is 0 Å². The van der Waals surface area contributed by atoms with Gasteiger partial charge in [-0.1, -0.05) is 12.8 Å². The molecule has 2 rings (SSSR count). The highest BCUT2D eigenvalue weighted by Gasteiger charge is 2.15. The van der Waals surface area contributed by atoms with Gasteiger partial charge in [-0.3, -0.25) is 5.43 Å². The molecule has 1 heterocycles. The summed E-state index contributed by atoms with van der Waals surface area (Å²) < 4.78 is 0. The number of aryl methyl sites for hydroxylation is 1. The van der Waals surface area contributed by atoms with Gasteiger partial charge in [0.1, 0.15) is 0 Å². The molecule has 18 heavy (non-hydrogen) atoms. The predicted molar refractivity (Wildman–Crippen MR) is 82.4 cm³/mol. The molecule has 0 aliphatic heterocycles. The van der Waals surface area contributed by atoms with E-state index in [1.165, 1.54) is 35.4 Å². The van der Waals surface area contributed by atoms with Crippen LogP contribution in [0, 0.1) is 6.92 Å². The van der Waals surface area contributed by atoms with E-state index in [1.54, 1.807) is 11.3 Å². The van der Waals surface area contributed by atoms with E-state index < -0.39 is 0 Å². The first-order valence-electron chi connectivity index (χ1n) is 6.33. The molecule has 1 saturated carbocycles. The summed E-state index contributed by atoms with van der Waals surface area (Å²) in [5, 5.41) is 8.26. The Morgan fingerprint density at radius 3 is 2.72 bits per heavy atom. The molecule has 1 fully saturated rings. The molecule has 1 aromatic heterocycles. The number of thiocarbonyl (C=S) groups is 1. The van der Waals surface area contributed by atoms with Crippen molar-refractivity contribution in [3.63, 3.8) is 0 Å². The van der Waals surface area contributed by atoms with Gasteiger partial charge in [0, 0.05) is 10.9 Å². The van der Waals surface area contributed by atoms with Crippen LogP contribution in [0.25, 0.3) is 0 Å². The van der Waals surface area contributed by atoms with Crippen LogP contribution < -0.4 is 10.7 Å². The fraction of sp³-hybridized carbons (Fsp3) is 0.538. The van der Waals surface area contributed by atoms with Crippen LogP contribution in [-0.4, -0.2) is 16.9 Å². The zero-order valence-electron chi connectivity index (χ0n) is 10.8. The maximum atomic E-state index is 5.24. The van der Waals surface area contributed by atoms with Crippen LogP contribution >= 0.6 is 23.6 Å². The molecule has 1 aromatic rings. The van der Waals surface area contributed by atoms with Gasteiger partial charge in [-0.05, 0) is 51.0 Å². The first-order valence-corrected chi connectivity index (χ1v) is 7.55. The van der Waals surface area contributed by atoms with Gasteiger partial charge in [0.05, 0.1) is 10.6 Å². The summed E-state index contributed by atoms with van der Waals surface area (Å²) >= 11 is 6.98. The summed E-state index contributed by atoms with van der Waals surface area (Å²) in [4.78, 5) is 2.48. The Morgan fingerprint density at radius 2 is 2.11 bits per heavy atom. The largest absolute Gasteiger partial charge is 0.359 e. The van der Waals surface area contributed by atoms with Crippen LogP contribution in [-0.2, 0) is 0 Å². The molecule has 2 N–H and O–H groups in total. The summed E-state index contributed by atoms with van der Waals surface area (Å²) in [5.74, 6) is 0. The lowest BCUT2D eigenvalue weighted by molar-refractivity contribution is 0.624. The lowest BCUT2D eigenvalue weighted by atomic mass is 10.3. The van der Waals surface area contributed by atoms with E-state index in [0.29, 0.717) is 11.2 Å². The Kier molecular flexibility index (Phi) is 4.72. The maximum Gasteiger partial charge on any atom is 0.187 e. The van der Waals surface area contributed by atoms with Gasteiger partial charge < -0.3 is 5.32 Å². The van der Waals surface area contributed by atoms with Gasteiger partial charge >= 0.3 is 0 Å². The SMILES string of the molecule is C/C(=N/NC(=S)NC1CCCC1)c1ccc(C)s1. The number of hydrazone groups is 1. The Balaban J connectivity index is 1.83. The minimum Gasteiger partial charge on any atom is -0.359 e. The number of nitrogens with one attached hydrogen (secondary N) is 2. The Bertz CT molecular complexity index is 445. The molecule has 98 valence electrons. The monoisotopic (exact) mass is 281 g/mol. The van der Waals surface area contributed by atoms with Crippen molar-refractivity contribution in [3.8, 4) is 0 Å². The number of thiophene rings is 1. The average Bonchev–Trinajstić information content (AvgIpc) is 2.97. The number of hydrogen-bond donors (Lipinski definition) is 2. The van der Waals surface area contributed by atoms with Crippen LogP contribution in [0.4, 0.5) is 0 Å². The van der Waals surface area contributed by atoms with E-state index in [2.05, 4.69) is 34.9 Å². The standard InChI is InChI=1S/C13H19N3S2/c1-9-7-8-12(18-9)10(2)15-16-13(17)14-11-5-3-4-6-11/h7-8,11H,3-6H2,1-2H3,(H2,14,16,17)/b15-10-. The van der Waals surface area contributed by atoms with Crippen molar-refractivity contribution in [1.82, 2.24) is 10.7 Å².